The Morgan fingerprint density at radius 1 is 1.41 bits per heavy atom. The van der Waals surface area contributed by atoms with Crippen molar-refractivity contribution < 1.29 is 9.90 Å². The molecule has 1 fully saturated rings. The molecule has 1 aliphatic carbocycles. The highest BCUT2D eigenvalue weighted by atomic mass is 32.1. The third kappa shape index (κ3) is 3.64. The van der Waals surface area contributed by atoms with Crippen molar-refractivity contribution in [3.8, 4) is 0 Å². The Kier molecular flexibility index (Phi) is 4.40. The van der Waals surface area contributed by atoms with E-state index in [1.807, 2.05) is 12.3 Å². The van der Waals surface area contributed by atoms with Gasteiger partial charge in [-0.05, 0) is 43.4 Å². The number of amides is 2. The molecule has 6 heteroatoms. The molecule has 1 aliphatic rings. The number of aliphatic hydroxyl groups is 1. The Labute approximate surface area is 133 Å². The Morgan fingerprint density at radius 2 is 2.14 bits per heavy atom. The van der Waals surface area contributed by atoms with Gasteiger partial charge in [0.25, 0.3) is 0 Å². The van der Waals surface area contributed by atoms with E-state index in [2.05, 4.69) is 15.6 Å². The molecule has 0 bridgehead atoms. The van der Waals surface area contributed by atoms with Gasteiger partial charge in [-0.1, -0.05) is 12.1 Å². The van der Waals surface area contributed by atoms with E-state index in [4.69, 9.17) is 5.11 Å². The van der Waals surface area contributed by atoms with Gasteiger partial charge in [-0.2, -0.15) is 0 Å². The number of carbonyl (C=O) groups excluding carboxylic acids is 1. The maximum Gasteiger partial charge on any atom is 0.319 e. The molecular formula is C16H19N3O2S. The molecule has 116 valence electrons. The molecule has 1 aromatic carbocycles. The van der Waals surface area contributed by atoms with Crippen LogP contribution >= 0.6 is 11.3 Å². The smallest absolute Gasteiger partial charge is 0.319 e. The summed E-state index contributed by atoms with van der Waals surface area (Å²) in [7, 11) is 0. The van der Waals surface area contributed by atoms with Crippen molar-refractivity contribution >= 4 is 23.1 Å². The molecule has 0 radical (unpaired) electrons. The first-order valence-electron chi connectivity index (χ1n) is 7.35. The number of benzene rings is 1. The Bertz CT molecular complexity index is 650. The zero-order chi connectivity index (χ0) is 15.5. The number of carbonyl (C=O) groups is 1. The number of rotatable bonds is 5. The lowest BCUT2D eigenvalue weighted by Crippen LogP contribution is -2.33. The third-order valence-corrected chi connectivity index (χ3v) is 4.72. The zero-order valence-corrected chi connectivity index (χ0v) is 13.2. The monoisotopic (exact) mass is 317 g/mol. The lowest BCUT2D eigenvalue weighted by molar-refractivity contribution is 0.247. The summed E-state index contributed by atoms with van der Waals surface area (Å²) < 4.78 is 0. The van der Waals surface area contributed by atoms with E-state index in [-0.39, 0.29) is 18.7 Å². The Hall–Kier alpha value is -1.92. The second-order valence-corrected chi connectivity index (χ2v) is 6.49. The predicted molar refractivity (Wildman–Crippen MR) is 86.8 cm³/mol. The van der Waals surface area contributed by atoms with Gasteiger partial charge in [-0.3, -0.25) is 0 Å². The van der Waals surface area contributed by atoms with Crippen LogP contribution in [-0.2, 0) is 6.61 Å². The van der Waals surface area contributed by atoms with Crippen LogP contribution in [0.4, 0.5) is 10.5 Å². The first kappa shape index (κ1) is 15.0. The molecule has 0 saturated heterocycles. The largest absolute Gasteiger partial charge is 0.392 e. The molecular weight excluding hydrogens is 298 g/mol. The summed E-state index contributed by atoms with van der Waals surface area (Å²) in [5.41, 5.74) is 2.52. The summed E-state index contributed by atoms with van der Waals surface area (Å²) in [6.07, 6.45) is 2.27. The fourth-order valence-electron chi connectivity index (χ4n) is 2.33. The van der Waals surface area contributed by atoms with Crippen molar-refractivity contribution in [2.45, 2.75) is 32.4 Å². The van der Waals surface area contributed by atoms with Crippen molar-refractivity contribution in [1.29, 1.82) is 0 Å². The number of urea groups is 1. The van der Waals surface area contributed by atoms with Crippen LogP contribution in [0.1, 0.15) is 35.1 Å². The summed E-state index contributed by atoms with van der Waals surface area (Å²) in [6.45, 7) is 1.96. The number of aliphatic hydroxyl groups excluding tert-OH is 1. The summed E-state index contributed by atoms with van der Waals surface area (Å²) in [6, 6.07) is 6.92. The number of nitrogens with zero attached hydrogens (tertiary/aromatic N) is 1. The highest BCUT2D eigenvalue weighted by molar-refractivity contribution is 7.09. The summed E-state index contributed by atoms with van der Waals surface area (Å²) in [5, 5.41) is 17.9. The topological polar surface area (TPSA) is 74.2 Å². The quantitative estimate of drug-likeness (QED) is 0.792. The molecule has 1 unspecified atom stereocenters. The van der Waals surface area contributed by atoms with Crippen LogP contribution < -0.4 is 10.6 Å². The molecule has 3 N–H and O–H groups in total. The van der Waals surface area contributed by atoms with Crippen LogP contribution in [0.15, 0.2) is 29.6 Å². The van der Waals surface area contributed by atoms with E-state index in [1.165, 1.54) is 0 Å². The van der Waals surface area contributed by atoms with Crippen molar-refractivity contribution in [2.24, 2.45) is 5.92 Å². The van der Waals surface area contributed by atoms with Crippen LogP contribution in [0, 0.1) is 12.8 Å². The van der Waals surface area contributed by atoms with Crippen molar-refractivity contribution in [2.75, 3.05) is 5.32 Å². The first-order chi connectivity index (χ1) is 10.7. The molecule has 1 atom stereocenters. The summed E-state index contributed by atoms with van der Waals surface area (Å²) in [5.74, 6) is 0.494. The molecule has 1 heterocycles. The van der Waals surface area contributed by atoms with E-state index in [1.54, 1.807) is 35.6 Å². The van der Waals surface area contributed by atoms with Gasteiger partial charge in [0.1, 0.15) is 5.01 Å². The molecule has 1 saturated carbocycles. The van der Waals surface area contributed by atoms with Gasteiger partial charge < -0.3 is 15.7 Å². The molecule has 2 amide bonds. The first-order valence-corrected chi connectivity index (χ1v) is 8.23. The molecule has 5 nitrogen and oxygen atoms in total. The molecule has 22 heavy (non-hydrogen) atoms. The van der Waals surface area contributed by atoms with Gasteiger partial charge >= 0.3 is 6.03 Å². The van der Waals surface area contributed by atoms with Crippen molar-refractivity contribution in [3.05, 3.63) is 45.9 Å². The number of hydrogen-bond acceptors (Lipinski definition) is 4. The normalized spacial score (nSPS) is 15.4. The number of aryl methyl sites for hydroxylation is 1. The molecule has 1 aromatic heterocycles. The fourth-order valence-corrected chi connectivity index (χ4v) is 3.27. The van der Waals surface area contributed by atoms with Crippen LogP contribution in [0.2, 0.25) is 0 Å². The number of aromatic nitrogens is 1. The number of thiazole rings is 1. The third-order valence-electron chi connectivity index (χ3n) is 3.68. The molecule has 2 aromatic rings. The molecule has 0 spiro atoms. The van der Waals surface area contributed by atoms with Crippen LogP contribution in [0.3, 0.4) is 0 Å². The highest BCUT2D eigenvalue weighted by Crippen LogP contribution is 2.41. The SMILES string of the molecule is Cc1csc(C(NC(=O)Nc2ccc(CO)cc2)C2CC2)n1. The van der Waals surface area contributed by atoms with E-state index in [0.717, 1.165) is 29.1 Å². The number of anilines is 1. The lowest BCUT2D eigenvalue weighted by atomic mass is 10.2. The Balaban J connectivity index is 1.63. The van der Waals surface area contributed by atoms with E-state index >= 15 is 0 Å². The fraction of sp³-hybridized carbons (Fsp3) is 0.375. The summed E-state index contributed by atoms with van der Waals surface area (Å²) >= 11 is 1.60. The highest BCUT2D eigenvalue weighted by Gasteiger charge is 2.35. The second-order valence-electron chi connectivity index (χ2n) is 5.60. The van der Waals surface area contributed by atoms with Crippen molar-refractivity contribution in [1.82, 2.24) is 10.3 Å². The van der Waals surface area contributed by atoms with Crippen LogP contribution in [0.25, 0.3) is 0 Å². The molecule has 0 aliphatic heterocycles. The summed E-state index contributed by atoms with van der Waals surface area (Å²) in [4.78, 5) is 16.7. The van der Waals surface area contributed by atoms with Gasteiger partial charge in [0, 0.05) is 16.8 Å². The van der Waals surface area contributed by atoms with E-state index in [0.29, 0.717) is 11.6 Å². The average Bonchev–Trinajstić information content (AvgIpc) is 3.27. The van der Waals surface area contributed by atoms with Crippen LogP contribution in [0.5, 0.6) is 0 Å². The van der Waals surface area contributed by atoms with Gasteiger partial charge in [0.2, 0.25) is 0 Å². The minimum Gasteiger partial charge on any atom is -0.392 e. The van der Waals surface area contributed by atoms with E-state index in [9.17, 15) is 4.79 Å². The van der Waals surface area contributed by atoms with E-state index < -0.39 is 0 Å². The van der Waals surface area contributed by atoms with Gasteiger partial charge in [-0.25, -0.2) is 9.78 Å². The standard InChI is InChI=1S/C16H19N3O2S/c1-10-9-22-15(17-10)14(12-4-5-12)19-16(21)18-13-6-2-11(8-20)3-7-13/h2-3,6-7,9,12,14,20H,4-5,8H2,1H3,(H2,18,19,21). The number of hydrogen-bond donors (Lipinski definition) is 3. The van der Waals surface area contributed by atoms with Crippen LogP contribution in [-0.4, -0.2) is 16.1 Å². The molecule has 3 rings (SSSR count). The zero-order valence-electron chi connectivity index (χ0n) is 12.4. The van der Waals surface area contributed by atoms with Crippen molar-refractivity contribution in [3.63, 3.8) is 0 Å². The second kappa shape index (κ2) is 6.46. The maximum absolute atomic E-state index is 12.2. The van der Waals surface area contributed by atoms with Gasteiger partial charge in [0.15, 0.2) is 0 Å². The maximum atomic E-state index is 12.2. The predicted octanol–water partition coefficient (Wildman–Crippen LogP) is 3.22. The Morgan fingerprint density at radius 3 is 2.68 bits per heavy atom. The van der Waals surface area contributed by atoms with Gasteiger partial charge in [0.05, 0.1) is 12.6 Å². The lowest BCUT2D eigenvalue weighted by Gasteiger charge is -2.16. The minimum absolute atomic E-state index is 0.000368. The number of nitrogens with one attached hydrogen (secondary N) is 2. The van der Waals surface area contributed by atoms with Gasteiger partial charge in [-0.15, -0.1) is 11.3 Å². The average molecular weight is 317 g/mol. The minimum atomic E-state index is -0.221.